The molecule has 1 aliphatic heterocycles. The van der Waals surface area contributed by atoms with Gasteiger partial charge < -0.3 is 9.47 Å². The number of ketones is 1. The first-order valence-corrected chi connectivity index (χ1v) is 9.29. The summed E-state index contributed by atoms with van der Waals surface area (Å²) in [4.78, 5) is 29.3. The highest BCUT2D eigenvalue weighted by Gasteiger charge is 2.30. The Morgan fingerprint density at radius 3 is 2.64 bits per heavy atom. The van der Waals surface area contributed by atoms with Crippen molar-refractivity contribution in [1.29, 1.82) is 0 Å². The van der Waals surface area contributed by atoms with Crippen LogP contribution in [0.3, 0.4) is 0 Å². The lowest BCUT2D eigenvalue weighted by Crippen LogP contribution is -2.10. The summed E-state index contributed by atoms with van der Waals surface area (Å²) in [7, 11) is 0. The molecule has 0 spiro atoms. The van der Waals surface area contributed by atoms with E-state index in [9.17, 15) is 9.59 Å². The Morgan fingerprint density at radius 2 is 1.89 bits per heavy atom. The second kappa shape index (κ2) is 7.40. The number of halogens is 1. The minimum Gasteiger partial charge on any atom is -0.452 e. The van der Waals surface area contributed by atoms with Crippen molar-refractivity contribution in [2.45, 2.75) is 6.92 Å². The Balaban J connectivity index is 1.63. The molecule has 138 valence electrons. The Labute approximate surface area is 169 Å². The van der Waals surface area contributed by atoms with Gasteiger partial charge in [0, 0.05) is 22.3 Å². The van der Waals surface area contributed by atoms with E-state index in [-0.39, 0.29) is 11.5 Å². The summed E-state index contributed by atoms with van der Waals surface area (Å²) in [5.74, 6) is 0.193. The van der Waals surface area contributed by atoms with Crippen molar-refractivity contribution >= 4 is 33.8 Å². The summed E-state index contributed by atoms with van der Waals surface area (Å²) in [5, 5.41) is 0. The van der Waals surface area contributed by atoms with Crippen LogP contribution in [0.25, 0.3) is 6.08 Å². The molecule has 1 aliphatic rings. The third-order valence-electron chi connectivity index (χ3n) is 4.30. The predicted molar refractivity (Wildman–Crippen MR) is 107 cm³/mol. The summed E-state index contributed by atoms with van der Waals surface area (Å²) in [6, 6.07) is 15.6. The molecule has 0 fully saturated rings. The molecule has 0 bridgehead atoms. The van der Waals surface area contributed by atoms with Gasteiger partial charge in [0.15, 0.2) is 5.76 Å². The second-order valence-electron chi connectivity index (χ2n) is 6.13. The van der Waals surface area contributed by atoms with E-state index in [1.165, 1.54) is 0 Å². The molecule has 28 heavy (non-hydrogen) atoms. The molecule has 2 aromatic carbocycles. The van der Waals surface area contributed by atoms with Gasteiger partial charge in [0.25, 0.3) is 0 Å². The third kappa shape index (κ3) is 3.34. The fraction of sp³-hybridized carbons (Fsp3) is 0.0455. The average molecular weight is 436 g/mol. The fourth-order valence-corrected chi connectivity index (χ4v) is 3.30. The molecule has 0 aliphatic carbocycles. The van der Waals surface area contributed by atoms with Gasteiger partial charge in [0.05, 0.1) is 16.8 Å². The van der Waals surface area contributed by atoms with E-state index in [0.717, 1.165) is 0 Å². The maximum absolute atomic E-state index is 12.6. The van der Waals surface area contributed by atoms with Gasteiger partial charge in [-0.1, -0.05) is 18.2 Å². The Bertz CT molecular complexity index is 1120. The number of ether oxygens (including phenoxy) is 2. The monoisotopic (exact) mass is 435 g/mol. The van der Waals surface area contributed by atoms with Crippen LogP contribution in [-0.4, -0.2) is 16.7 Å². The average Bonchev–Trinajstić information content (AvgIpc) is 3.01. The lowest BCUT2D eigenvalue weighted by molar-refractivity contribution is 0.0732. The smallest absolute Gasteiger partial charge is 0.344 e. The number of Topliss-reactive ketones (excluding diaryl/α,β-unsaturated/α-hetero) is 1. The van der Waals surface area contributed by atoms with Gasteiger partial charge in [0.1, 0.15) is 11.5 Å². The molecule has 0 N–H and O–H groups in total. The first kappa shape index (κ1) is 18.1. The Kier molecular flexibility index (Phi) is 4.79. The van der Waals surface area contributed by atoms with Crippen LogP contribution in [0.4, 0.5) is 0 Å². The van der Waals surface area contributed by atoms with Gasteiger partial charge in [-0.05, 0) is 59.3 Å². The highest BCUT2D eigenvalue weighted by molar-refractivity contribution is 9.10. The highest BCUT2D eigenvalue weighted by Crippen LogP contribution is 2.39. The van der Waals surface area contributed by atoms with E-state index in [0.29, 0.717) is 38.4 Å². The lowest BCUT2D eigenvalue weighted by Gasteiger charge is -2.10. The van der Waals surface area contributed by atoms with Crippen LogP contribution in [0.2, 0.25) is 0 Å². The first-order valence-electron chi connectivity index (χ1n) is 8.50. The third-order valence-corrected chi connectivity index (χ3v) is 4.99. The normalized spacial score (nSPS) is 13.9. The maximum atomic E-state index is 12.6. The minimum absolute atomic E-state index is 0.186. The van der Waals surface area contributed by atoms with E-state index >= 15 is 0 Å². The number of esters is 1. The number of nitrogens with zero attached hydrogens (tertiary/aromatic N) is 1. The topological polar surface area (TPSA) is 65.5 Å². The van der Waals surface area contributed by atoms with Crippen molar-refractivity contribution in [3.8, 4) is 11.5 Å². The minimum atomic E-state index is -0.496. The molecule has 1 aromatic heterocycles. The lowest BCUT2D eigenvalue weighted by atomic mass is 10.1. The fourth-order valence-electron chi connectivity index (χ4n) is 2.86. The molecule has 5 nitrogen and oxygen atoms in total. The largest absolute Gasteiger partial charge is 0.452 e. The molecular formula is C22H14BrNO4. The van der Waals surface area contributed by atoms with E-state index in [1.807, 2.05) is 12.1 Å². The maximum Gasteiger partial charge on any atom is 0.344 e. The summed E-state index contributed by atoms with van der Waals surface area (Å²) in [6.45, 7) is 1.75. The molecule has 0 saturated heterocycles. The highest BCUT2D eigenvalue weighted by atomic mass is 79.9. The Hall–Kier alpha value is -3.25. The number of carbonyl (C=O) groups excluding carboxylic acids is 2. The number of benzene rings is 2. The number of carbonyl (C=O) groups is 2. The molecule has 0 atom stereocenters. The van der Waals surface area contributed by atoms with Gasteiger partial charge in [-0.15, -0.1) is 0 Å². The van der Waals surface area contributed by atoms with Crippen molar-refractivity contribution in [2.75, 3.05) is 0 Å². The van der Waals surface area contributed by atoms with Gasteiger partial charge in [0.2, 0.25) is 5.78 Å². The number of fused-ring (bicyclic) bond motifs is 1. The van der Waals surface area contributed by atoms with Crippen molar-refractivity contribution in [2.24, 2.45) is 0 Å². The van der Waals surface area contributed by atoms with Crippen LogP contribution >= 0.6 is 15.9 Å². The standard InChI is InChI=1S/C22H14BrNO4/c1-13-18(28-22(26)15-7-2-3-8-17(15)23)10-9-16-20(25)19(27-21(13)16)12-14-6-4-5-11-24-14/h2-12H,1H3/b19-12-. The number of pyridine rings is 1. The van der Waals surface area contributed by atoms with Gasteiger partial charge in [-0.2, -0.15) is 0 Å². The molecule has 2 heterocycles. The van der Waals surface area contributed by atoms with Gasteiger partial charge >= 0.3 is 5.97 Å². The molecular weight excluding hydrogens is 422 g/mol. The van der Waals surface area contributed by atoms with Crippen molar-refractivity contribution < 1.29 is 19.1 Å². The first-order chi connectivity index (χ1) is 13.5. The van der Waals surface area contributed by atoms with Crippen molar-refractivity contribution in [3.05, 3.63) is 93.4 Å². The molecule has 0 unspecified atom stereocenters. The van der Waals surface area contributed by atoms with Crippen LogP contribution in [0.5, 0.6) is 11.5 Å². The Morgan fingerprint density at radius 1 is 1.11 bits per heavy atom. The van der Waals surface area contributed by atoms with Gasteiger partial charge in [-0.25, -0.2) is 4.79 Å². The molecule has 0 saturated carbocycles. The van der Waals surface area contributed by atoms with Crippen LogP contribution in [0.15, 0.2) is 71.0 Å². The SMILES string of the molecule is Cc1c(OC(=O)c2ccccc2Br)ccc2c1O/C(=C\c1ccccn1)C2=O. The van der Waals surface area contributed by atoms with Crippen LogP contribution in [0.1, 0.15) is 32.0 Å². The molecule has 0 amide bonds. The number of hydrogen-bond acceptors (Lipinski definition) is 5. The van der Waals surface area contributed by atoms with E-state index < -0.39 is 5.97 Å². The summed E-state index contributed by atoms with van der Waals surface area (Å²) in [6.07, 6.45) is 3.23. The van der Waals surface area contributed by atoms with Crippen LogP contribution < -0.4 is 9.47 Å². The number of hydrogen-bond donors (Lipinski definition) is 0. The van der Waals surface area contributed by atoms with Crippen LogP contribution in [0, 0.1) is 6.92 Å². The summed E-state index contributed by atoms with van der Waals surface area (Å²) < 4.78 is 12.0. The van der Waals surface area contributed by atoms with E-state index in [4.69, 9.17) is 9.47 Å². The number of aromatic nitrogens is 1. The summed E-state index contributed by atoms with van der Waals surface area (Å²) in [5.41, 5.74) is 2.04. The van der Waals surface area contributed by atoms with Gasteiger partial charge in [-0.3, -0.25) is 9.78 Å². The van der Waals surface area contributed by atoms with Crippen molar-refractivity contribution in [3.63, 3.8) is 0 Å². The van der Waals surface area contributed by atoms with E-state index in [1.54, 1.807) is 61.7 Å². The zero-order valence-electron chi connectivity index (χ0n) is 14.8. The number of allylic oxidation sites excluding steroid dienone is 1. The molecule has 3 aromatic rings. The summed E-state index contributed by atoms with van der Waals surface area (Å²) >= 11 is 3.34. The molecule has 0 radical (unpaired) electrons. The van der Waals surface area contributed by atoms with E-state index in [2.05, 4.69) is 20.9 Å². The number of rotatable bonds is 3. The quantitative estimate of drug-likeness (QED) is 0.329. The van der Waals surface area contributed by atoms with Crippen LogP contribution in [-0.2, 0) is 0 Å². The molecule has 4 rings (SSSR count). The second-order valence-corrected chi connectivity index (χ2v) is 6.98. The predicted octanol–water partition coefficient (Wildman–Crippen LogP) is 4.99. The zero-order valence-corrected chi connectivity index (χ0v) is 16.4. The van der Waals surface area contributed by atoms with Crippen molar-refractivity contribution in [1.82, 2.24) is 4.98 Å². The zero-order chi connectivity index (χ0) is 19.7. The molecule has 6 heteroatoms.